The molecule has 0 bridgehead atoms. The minimum Gasteiger partial charge on any atom is -0.515 e. The van der Waals surface area contributed by atoms with Crippen molar-refractivity contribution < 1.29 is 18.4 Å². The normalized spacial score (nSPS) is 11.9. The summed E-state index contributed by atoms with van der Waals surface area (Å²) in [5.74, 6) is -0.416. The number of carbonyl (C=O) groups is 2. The first kappa shape index (κ1) is 20.6. The van der Waals surface area contributed by atoms with Gasteiger partial charge in [-0.1, -0.05) is 52.0 Å². The van der Waals surface area contributed by atoms with Crippen molar-refractivity contribution in [1.29, 1.82) is 0 Å². The van der Waals surface area contributed by atoms with E-state index in [4.69, 9.17) is 8.85 Å². The average Bonchev–Trinajstić information content (AvgIpc) is 2.57. The first-order valence-corrected chi connectivity index (χ1v) is 13.4. The fourth-order valence-electron chi connectivity index (χ4n) is 3.35. The number of hydrogen-bond acceptors (Lipinski definition) is 4. The predicted octanol–water partition coefficient (Wildman–Crippen LogP) is 3.20. The molecule has 0 spiro atoms. The molecular weight excluding hydrogens is 336 g/mol. The molecule has 0 aromatic heterocycles. The lowest BCUT2D eigenvalue weighted by Crippen LogP contribution is -2.53. The SMILES string of the molecule is CC[Si](CC)(OC(C)=O)c1ccc([Si](CC)(CC)OC(C)=O)cc1. The molecule has 4 nitrogen and oxygen atoms in total. The van der Waals surface area contributed by atoms with E-state index in [1.165, 1.54) is 13.8 Å². The molecule has 0 aliphatic rings. The van der Waals surface area contributed by atoms with Crippen LogP contribution in [0.3, 0.4) is 0 Å². The third-order valence-electron chi connectivity index (χ3n) is 4.90. The van der Waals surface area contributed by atoms with Gasteiger partial charge in [-0.3, -0.25) is 9.59 Å². The van der Waals surface area contributed by atoms with Crippen molar-refractivity contribution in [3.05, 3.63) is 24.3 Å². The van der Waals surface area contributed by atoms with Crippen LogP contribution in [0.15, 0.2) is 24.3 Å². The zero-order valence-electron chi connectivity index (χ0n) is 15.8. The second-order valence-electron chi connectivity index (χ2n) is 6.17. The van der Waals surface area contributed by atoms with Crippen LogP contribution in [0.25, 0.3) is 0 Å². The van der Waals surface area contributed by atoms with E-state index in [1.54, 1.807) is 0 Å². The maximum absolute atomic E-state index is 11.6. The van der Waals surface area contributed by atoms with Crippen LogP contribution in [0.1, 0.15) is 41.5 Å². The minimum atomic E-state index is -2.26. The monoisotopic (exact) mass is 366 g/mol. The van der Waals surface area contributed by atoms with Gasteiger partial charge < -0.3 is 8.85 Å². The molecule has 0 aliphatic carbocycles. The fourth-order valence-corrected chi connectivity index (χ4v) is 9.45. The highest BCUT2D eigenvalue weighted by atomic mass is 28.4. The summed E-state index contributed by atoms with van der Waals surface area (Å²) in [5, 5.41) is 2.26. The number of carbonyl (C=O) groups excluding carboxylic acids is 2. The van der Waals surface area contributed by atoms with Gasteiger partial charge in [0.05, 0.1) is 0 Å². The lowest BCUT2D eigenvalue weighted by Gasteiger charge is -2.31. The van der Waals surface area contributed by atoms with Crippen LogP contribution in [-0.4, -0.2) is 28.6 Å². The molecule has 6 heteroatoms. The predicted molar refractivity (Wildman–Crippen MR) is 103 cm³/mol. The summed E-state index contributed by atoms with van der Waals surface area (Å²) >= 11 is 0. The molecule has 134 valence electrons. The van der Waals surface area contributed by atoms with Crippen molar-refractivity contribution in [3.63, 3.8) is 0 Å². The van der Waals surface area contributed by atoms with Gasteiger partial charge in [-0.2, -0.15) is 0 Å². The Labute approximate surface area is 147 Å². The molecule has 1 rings (SSSR count). The van der Waals surface area contributed by atoms with Crippen molar-refractivity contribution in [3.8, 4) is 0 Å². The van der Waals surface area contributed by atoms with Gasteiger partial charge in [-0.25, -0.2) is 0 Å². The first-order chi connectivity index (χ1) is 11.3. The van der Waals surface area contributed by atoms with Gasteiger partial charge in [-0.05, 0) is 34.5 Å². The Morgan fingerprint density at radius 2 is 0.958 bits per heavy atom. The molecule has 1 aromatic rings. The zero-order valence-corrected chi connectivity index (χ0v) is 17.8. The Hall–Kier alpha value is -1.41. The smallest absolute Gasteiger partial charge is 0.289 e. The molecule has 24 heavy (non-hydrogen) atoms. The van der Waals surface area contributed by atoms with Crippen molar-refractivity contribution in [2.75, 3.05) is 0 Å². The van der Waals surface area contributed by atoms with E-state index >= 15 is 0 Å². The van der Waals surface area contributed by atoms with E-state index < -0.39 is 16.6 Å². The number of hydrogen-bond donors (Lipinski definition) is 0. The van der Waals surface area contributed by atoms with E-state index in [0.717, 1.165) is 34.5 Å². The third-order valence-corrected chi connectivity index (χ3v) is 13.6. The summed E-state index contributed by atoms with van der Waals surface area (Å²) in [6.07, 6.45) is 0. The summed E-state index contributed by atoms with van der Waals surface area (Å²) in [4.78, 5) is 23.1. The van der Waals surface area contributed by atoms with Crippen LogP contribution in [0.4, 0.5) is 0 Å². The molecule has 0 aliphatic heterocycles. The van der Waals surface area contributed by atoms with Crippen LogP contribution < -0.4 is 10.4 Å². The number of rotatable bonds is 8. The molecule has 0 amide bonds. The third kappa shape index (κ3) is 4.36. The van der Waals surface area contributed by atoms with E-state index in [9.17, 15) is 9.59 Å². The molecule has 0 saturated heterocycles. The van der Waals surface area contributed by atoms with E-state index in [0.29, 0.717) is 0 Å². The molecule has 0 radical (unpaired) electrons. The van der Waals surface area contributed by atoms with Gasteiger partial charge in [0.2, 0.25) is 0 Å². The van der Waals surface area contributed by atoms with E-state index in [-0.39, 0.29) is 11.9 Å². The van der Waals surface area contributed by atoms with Gasteiger partial charge in [0.25, 0.3) is 28.6 Å². The Morgan fingerprint density at radius 1 is 0.708 bits per heavy atom. The summed E-state index contributed by atoms with van der Waals surface area (Å²) in [6.45, 7) is 11.3. The maximum atomic E-state index is 11.6. The number of benzene rings is 1. The van der Waals surface area contributed by atoms with Crippen molar-refractivity contribution in [2.45, 2.75) is 65.7 Å². The quantitative estimate of drug-likeness (QED) is 0.663. The van der Waals surface area contributed by atoms with Crippen LogP contribution in [-0.2, 0) is 18.4 Å². The minimum absolute atomic E-state index is 0.208. The summed E-state index contributed by atoms with van der Waals surface area (Å²) in [7, 11) is -4.52. The van der Waals surface area contributed by atoms with Crippen molar-refractivity contribution in [2.24, 2.45) is 0 Å². The van der Waals surface area contributed by atoms with Gasteiger partial charge in [0.1, 0.15) is 0 Å². The van der Waals surface area contributed by atoms with Gasteiger partial charge in [0, 0.05) is 13.8 Å². The zero-order chi connectivity index (χ0) is 18.4. The fraction of sp³-hybridized carbons (Fsp3) is 0.556. The van der Waals surface area contributed by atoms with Gasteiger partial charge >= 0.3 is 0 Å². The van der Waals surface area contributed by atoms with Crippen molar-refractivity contribution >= 4 is 38.9 Å². The molecule has 0 atom stereocenters. The molecule has 0 saturated carbocycles. The highest BCUT2D eigenvalue weighted by Crippen LogP contribution is 2.20. The largest absolute Gasteiger partial charge is 0.515 e. The molecule has 0 fully saturated rings. The second kappa shape index (κ2) is 8.62. The van der Waals surface area contributed by atoms with Gasteiger partial charge in [0.15, 0.2) is 0 Å². The van der Waals surface area contributed by atoms with Crippen LogP contribution >= 0.6 is 0 Å². The molecule has 0 heterocycles. The second-order valence-corrected chi connectivity index (χ2v) is 14.5. The van der Waals surface area contributed by atoms with Crippen LogP contribution in [0.2, 0.25) is 24.2 Å². The summed E-state index contributed by atoms with van der Waals surface area (Å²) in [6, 6.07) is 11.7. The van der Waals surface area contributed by atoms with Crippen LogP contribution in [0, 0.1) is 0 Å². The highest BCUT2D eigenvalue weighted by molar-refractivity contribution is 6.89. The average molecular weight is 367 g/mol. The highest BCUT2D eigenvalue weighted by Gasteiger charge is 2.39. The Kier molecular flexibility index (Phi) is 7.41. The molecule has 0 N–H and O–H groups in total. The summed E-state index contributed by atoms with van der Waals surface area (Å²) < 4.78 is 11.6. The van der Waals surface area contributed by atoms with Crippen LogP contribution in [0.5, 0.6) is 0 Å². The maximum Gasteiger partial charge on any atom is 0.289 e. The first-order valence-electron chi connectivity index (χ1n) is 8.79. The Balaban J connectivity index is 3.26. The molecule has 1 aromatic carbocycles. The lowest BCUT2D eigenvalue weighted by molar-refractivity contribution is -0.133. The van der Waals surface area contributed by atoms with E-state index in [2.05, 4.69) is 52.0 Å². The topological polar surface area (TPSA) is 52.6 Å². The van der Waals surface area contributed by atoms with Crippen molar-refractivity contribution in [1.82, 2.24) is 0 Å². The molecule has 0 unspecified atom stereocenters. The van der Waals surface area contributed by atoms with Gasteiger partial charge in [-0.15, -0.1) is 0 Å². The summed E-state index contributed by atoms with van der Waals surface area (Å²) in [5.41, 5.74) is 0. The standard InChI is InChI=1S/C18H30O4Si2/c1-7-23(8-2,21-15(5)19)17-11-13-18(14-12-17)24(9-3,10-4)22-16(6)20/h11-14H,7-10H2,1-6H3. The van der Waals surface area contributed by atoms with E-state index in [1.807, 2.05) is 0 Å². The molecular formula is C18H30O4Si2. The lowest BCUT2D eigenvalue weighted by atomic mass is 10.4. The Morgan fingerprint density at radius 3 is 1.12 bits per heavy atom. The Bertz CT molecular complexity index is 510.